The molecule has 2 atom stereocenters. The van der Waals surface area contributed by atoms with Gasteiger partial charge in [0.2, 0.25) is 0 Å². The lowest BCUT2D eigenvalue weighted by atomic mass is 10.0. The highest BCUT2D eigenvalue weighted by molar-refractivity contribution is 7.67. The lowest BCUT2D eigenvalue weighted by Crippen LogP contribution is -2.20. The molecule has 0 N–H and O–H groups in total. The third kappa shape index (κ3) is 3.40. The highest BCUT2D eigenvalue weighted by Gasteiger charge is 2.38. The second-order valence-electron chi connectivity index (χ2n) is 9.37. The average Bonchev–Trinajstić information content (AvgIpc) is 3.45. The molecule has 2 aliphatic carbocycles. The van der Waals surface area contributed by atoms with Gasteiger partial charge in [0.1, 0.15) is 24.2 Å². The van der Waals surface area contributed by atoms with Crippen LogP contribution in [0.25, 0.3) is 11.1 Å². The molecule has 0 bridgehead atoms. The second-order valence-corrected chi connectivity index (χ2v) is 14.1. The fourth-order valence-corrected chi connectivity index (χ4v) is 11.9. The van der Waals surface area contributed by atoms with Crippen molar-refractivity contribution < 1.29 is 9.47 Å². The zero-order chi connectivity index (χ0) is 19.9. The summed E-state index contributed by atoms with van der Waals surface area (Å²) in [6.07, 6.45) is 15.9. The van der Waals surface area contributed by atoms with E-state index in [1.807, 2.05) is 0 Å². The Morgan fingerprint density at radius 1 is 0.567 bits per heavy atom. The SMILES string of the molecule is c1cc2c(c(-c3cccc4c3[P@@](C3CCCCC3)CO4)c1)P(C1CCCCC1)CO2. The van der Waals surface area contributed by atoms with Crippen molar-refractivity contribution in [3.8, 4) is 22.6 Å². The Kier molecular flexibility index (Phi) is 5.51. The van der Waals surface area contributed by atoms with Crippen molar-refractivity contribution in [2.24, 2.45) is 0 Å². The molecular weight excluding hydrogens is 406 g/mol. The van der Waals surface area contributed by atoms with Crippen molar-refractivity contribution in [2.75, 3.05) is 12.7 Å². The van der Waals surface area contributed by atoms with E-state index in [0.717, 1.165) is 24.0 Å². The quantitative estimate of drug-likeness (QED) is 0.484. The van der Waals surface area contributed by atoms with Crippen molar-refractivity contribution in [3.63, 3.8) is 0 Å². The minimum absolute atomic E-state index is 0.215. The van der Waals surface area contributed by atoms with E-state index in [4.69, 9.17) is 9.47 Å². The highest BCUT2D eigenvalue weighted by Crippen LogP contribution is 2.57. The third-order valence-electron chi connectivity index (χ3n) is 7.61. The molecule has 4 heteroatoms. The number of benzene rings is 2. The van der Waals surface area contributed by atoms with Gasteiger partial charge in [-0.15, -0.1) is 0 Å². The average molecular weight is 438 g/mol. The summed E-state index contributed by atoms with van der Waals surface area (Å²) in [4.78, 5) is 0. The molecular formula is C26H32O2P2. The molecule has 0 spiro atoms. The molecule has 2 aliphatic heterocycles. The summed E-state index contributed by atoms with van der Waals surface area (Å²) in [6, 6.07) is 13.6. The largest absolute Gasteiger partial charge is 0.488 e. The molecule has 2 fully saturated rings. The van der Waals surface area contributed by atoms with Crippen LogP contribution in [0.1, 0.15) is 64.2 Å². The van der Waals surface area contributed by atoms with E-state index in [2.05, 4.69) is 36.4 Å². The fraction of sp³-hybridized carbons (Fsp3) is 0.538. The molecule has 0 radical (unpaired) electrons. The van der Waals surface area contributed by atoms with Crippen LogP contribution in [0.2, 0.25) is 0 Å². The number of ether oxygens (including phenoxy) is 2. The van der Waals surface area contributed by atoms with Gasteiger partial charge in [-0.25, -0.2) is 0 Å². The monoisotopic (exact) mass is 438 g/mol. The zero-order valence-corrected chi connectivity index (χ0v) is 19.6. The topological polar surface area (TPSA) is 18.5 Å². The Hall–Kier alpha value is -1.10. The maximum absolute atomic E-state index is 6.29. The lowest BCUT2D eigenvalue weighted by molar-refractivity contribution is 0.398. The molecule has 2 nitrogen and oxygen atoms in total. The van der Waals surface area contributed by atoms with E-state index in [9.17, 15) is 0 Å². The molecule has 0 aromatic heterocycles. The standard InChI is InChI=1S/C26H32O2P2/c1-3-9-19(10-4-1)29-17-27-23-15-7-13-21(25(23)29)22-14-8-16-24-26(22)30(18-28-24)20-11-5-2-6-12-20/h7-8,13-16,19-20H,1-6,9-12,17-18H2/t29-,30?/m1/s1. The summed E-state index contributed by atoms with van der Waals surface area (Å²) in [5.74, 6) is 2.34. The molecule has 0 saturated heterocycles. The van der Waals surface area contributed by atoms with E-state index in [1.54, 1.807) is 10.6 Å². The first-order valence-electron chi connectivity index (χ1n) is 12.0. The van der Waals surface area contributed by atoms with E-state index < -0.39 is 0 Å². The van der Waals surface area contributed by atoms with Gasteiger partial charge in [0.05, 0.1) is 0 Å². The molecule has 6 rings (SSSR count). The predicted octanol–water partition coefficient (Wildman–Crippen LogP) is 6.93. The van der Waals surface area contributed by atoms with Crippen LogP contribution in [0, 0.1) is 0 Å². The van der Waals surface area contributed by atoms with Crippen LogP contribution in [0.4, 0.5) is 0 Å². The van der Waals surface area contributed by atoms with Gasteiger partial charge in [0, 0.05) is 10.6 Å². The lowest BCUT2D eigenvalue weighted by Gasteiger charge is -2.29. The molecule has 2 aromatic rings. The molecule has 0 amide bonds. The van der Waals surface area contributed by atoms with Crippen LogP contribution in [-0.4, -0.2) is 24.0 Å². The van der Waals surface area contributed by atoms with Crippen LogP contribution in [0.5, 0.6) is 11.5 Å². The maximum Gasteiger partial charge on any atom is 0.128 e. The Balaban J connectivity index is 1.43. The van der Waals surface area contributed by atoms with Gasteiger partial charge in [0.25, 0.3) is 0 Å². The Morgan fingerprint density at radius 2 is 1.00 bits per heavy atom. The Bertz CT molecular complexity index is 840. The van der Waals surface area contributed by atoms with Gasteiger partial charge in [-0.2, -0.15) is 0 Å². The van der Waals surface area contributed by atoms with Crippen LogP contribution in [-0.2, 0) is 0 Å². The number of hydrogen-bond donors (Lipinski definition) is 0. The number of fused-ring (bicyclic) bond motifs is 2. The van der Waals surface area contributed by atoms with E-state index in [1.165, 1.54) is 86.8 Å². The van der Waals surface area contributed by atoms with Crippen molar-refractivity contribution in [3.05, 3.63) is 36.4 Å². The Morgan fingerprint density at radius 3 is 1.43 bits per heavy atom. The first kappa shape index (κ1) is 19.6. The summed E-state index contributed by atoms with van der Waals surface area (Å²) in [5.41, 5.74) is 4.63. The van der Waals surface area contributed by atoms with Gasteiger partial charge in [-0.3, -0.25) is 0 Å². The van der Waals surface area contributed by atoms with Gasteiger partial charge in [-0.1, -0.05) is 62.8 Å². The molecule has 2 heterocycles. The van der Waals surface area contributed by atoms with E-state index in [0.29, 0.717) is 0 Å². The van der Waals surface area contributed by atoms with Crippen molar-refractivity contribution in [1.29, 1.82) is 0 Å². The van der Waals surface area contributed by atoms with Gasteiger partial charge in [0.15, 0.2) is 0 Å². The predicted molar refractivity (Wildman–Crippen MR) is 130 cm³/mol. The number of rotatable bonds is 3. The first-order chi connectivity index (χ1) is 14.9. The van der Waals surface area contributed by atoms with Crippen molar-refractivity contribution >= 4 is 26.5 Å². The number of hydrogen-bond acceptors (Lipinski definition) is 2. The maximum atomic E-state index is 6.29. The zero-order valence-electron chi connectivity index (χ0n) is 17.8. The minimum atomic E-state index is -0.215. The molecule has 2 aromatic carbocycles. The summed E-state index contributed by atoms with van der Waals surface area (Å²) < 4.78 is 12.6. The molecule has 4 aliphatic rings. The molecule has 30 heavy (non-hydrogen) atoms. The third-order valence-corrected chi connectivity index (χ3v) is 13.3. The van der Waals surface area contributed by atoms with Crippen LogP contribution < -0.4 is 20.1 Å². The summed E-state index contributed by atoms with van der Waals surface area (Å²) >= 11 is 0. The van der Waals surface area contributed by atoms with Gasteiger partial charge < -0.3 is 9.47 Å². The molecule has 1 unspecified atom stereocenters. The van der Waals surface area contributed by atoms with E-state index >= 15 is 0 Å². The van der Waals surface area contributed by atoms with Gasteiger partial charge >= 0.3 is 0 Å². The summed E-state index contributed by atoms with van der Waals surface area (Å²) in [5, 5.41) is 3.14. The fourth-order valence-electron chi connectivity index (χ4n) is 6.07. The highest BCUT2D eigenvalue weighted by atomic mass is 31.1. The molecule has 2 saturated carbocycles. The normalized spacial score (nSPS) is 26.7. The summed E-state index contributed by atoms with van der Waals surface area (Å²) in [6.45, 7) is 0. The van der Waals surface area contributed by atoms with Crippen LogP contribution >= 0.6 is 15.8 Å². The summed E-state index contributed by atoms with van der Waals surface area (Å²) in [7, 11) is -0.429. The van der Waals surface area contributed by atoms with Crippen molar-refractivity contribution in [1.82, 2.24) is 0 Å². The van der Waals surface area contributed by atoms with Gasteiger partial charge in [-0.05, 0) is 76.1 Å². The van der Waals surface area contributed by atoms with Crippen LogP contribution in [0.15, 0.2) is 36.4 Å². The van der Waals surface area contributed by atoms with Crippen LogP contribution in [0.3, 0.4) is 0 Å². The molecule has 158 valence electrons. The second kappa shape index (κ2) is 8.44. The minimum Gasteiger partial charge on any atom is -0.488 e. The van der Waals surface area contributed by atoms with Crippen molar-refractivity contribution in [2.45, 2.75) is 75.5 Å². The Labute approximate surface area is 183 Å². The van der Waals surface area contributed by atoms with E-state index in [-0.39, 0.29) is 15.8 Å². The smallest absolute Gasteiger partial charge is 0.128 e. The first-order valence-corrected chi connectivity index (χ1v) is 15.1.